The molecule has 1 saturated heterocycles. The Morgan fingerprint density at radius 3 is 2.72 bits per heavy atom. The average Bonchev–Trinajstić information content (AvgIpc) is 3.32. The maximum atomic E-state index is 13.0. The molecule has 2 amide bonds. The van der Waals surface area contributed by atoms with Gasteiger partial charge in [-0.15, -0.1) is 0 Å². The number of rotatable bonds is 9. The van der Waals surface area contributed by atoms with Crippen LogP contribution in [0, 0.1) is 0 Å². The summed E-state index contributed by atoms with van der Waals surface area (Å²) in [4.78, 5) is 31.5. The van der Waals surface area contributed by atoms with E-state index in [1.165, 1.54) is 0 Å². The molecule has 188 valence electrons. The molecule has 0 radical (unpaired) electrons. The van der Waals surface area contributed by atoms with Crippen molar-refractivity contribution in [3.63, 3.8) is 0 Å². The number of hydrazine groups is 1. The molecule has 0 spiro atoms. The van der Waals surface area contributed by atoms with Gasteiger partial charge in [0, 0.05) is 43.4 Å². The van der Waals surface area contributed by atoms with Crippen molar-refractivity contribution in [1.82, 2.24) is 20.6 Å². The number of likely N-dealkylation sites (tertiary alicyclic amines) is 1. The number of nitrogens with one attached hydrogen (secondary N) is 2. The lowest BCUT2D eigenvalue weighted by atomic mass is 10.00. The molecule has 1 aromatic heterocycles. The van der Waals surface area contributed by atoms with Crippen molar-refractivity contribution in [3.05, 3.63) is 89.1 Å². The van der Waals surface area contributed by atoms with E-state index in [4.69, 9.17) is 5.84 Å². The van der Waals surface area contributed by atoms with Crippen molar-refractivity contribution < 1.29 is 14.7 Å². The highest BCUT2D eigenvalue weighted by Crippen LogP contribution is 2.23. The number of benzene rings is 2. The van der Waals surface area contributed by atoms with Crippen molar-refractivity contribution in [2.24, 2.45) is 5.84 Å². The fourth-order valence-corrected chi connectivity index (χ4v) is 4.51. The standard InChI is InChI=1S/C28H33N5O3/c1-19(31-28(36)25-8-3-2-5-21(25)10-12-27(35)32-29)22-6-4-7-23(15-22)26-11-9-20(16-30-26)17-33-14-13-24(34)18-33/h2-9,11,15-16,19,24,34H,10,12-14,17-18,29H2,1H3,(H,31,36)(H,32,35)/t19-,24+/m1/s1. The van der Waals surface area contributed by atoms with Crippen LogP contribution in [-0.4, -0.2) is 46.0 Å². The van der Waals surface area contributed by atoms with Gasteiger partial charge >= 0.3 is 0 Å². The highest BCUT2D eigenvalue weighted by atomic mass is 16.3. The van der Waals surface area contributed by atoms with Crippen LogP contribution in [0.2, 0.25) is 0 Å². The van der Waals surface area contributed by atoms with E-state index in [0.717, 1.165) is 47.5 Å². The molecule has 1 aliphatic rings. The van der Waals surface area contributed by atoms with Gasteiger partial charge in [0.15, 0.2) is 0 Å². The molecule has 0 aliphatic carbocycles. The number of aryl methyl sites for hydroxylation is 1. The zero-order valence-corrected chi connectivity index (χ0v) is 20.5. The van der Waals surface area contributed by atoms with Crippen molar-refractivity contribution in [3.8, 4) is 11.3 Å². The van der Waals surface area contributed by atoms with Gasteiger partial charge in [-0.05, 0) is 54.7 Å². The highest BCUT2D eigenvalue weighted by molar-refractivity contribution is 5.96. The highest BCUT2D eigenvalue weighted by Gasteiger charge is 2.20. The summed E-state index contributed by atoms with van der Waals surface area (Å²) in [6, 6.07) is 19.2. The summed E-state index contributed by atoms with van der Waals surface area (Å²) in [6.45, 7) is 4.34. The summed E-state index contributed by atoms with van der Waals surface area (Å²) >= 11 is 0. The molecule has 4 rings (SSSR count). The molecule has 8 heteroatoms. The van der Waals surface area contributed by atoms with Crippen LogP contribution in [0.1, 0.15) is 52.9 Å². The number of β-amino-alcohol motifs (C(OH)–C–C–N with tert-alkyl or cyclic N) is 1. The molecule has 0 unspecified atom stereocenters. The molecule has 0 saturated carbocycles. The molecule has 36 heavy (non-hydrogen) atoms. The zero-order chi connectivity index (χ0) is 25.5. The fourth-order valence-electron chi connectivity index (χ4n) is 4.51. The molecule has 1 aliphatic heterocycles. The molecule has 5 N–H and O–H groups in total. The topological polar surface area (TPSA) is 121 Å². The minimum Gasteiger partial charge on any atom is -0.392 e. The fraction of sp³-hybridized carbons (Fsp3) is 0.321. The number of aliphatic hydroxyl groups excluding tert-OH is 1. The van der Waals surface area contributed by atoms with Gasteiger partial charge < -0.3 is 10.4 Å². The van der Waals surface area contributed by atoms with Gasteiger partial charge in [0.25, 0.3) is 5.91 Å². The smallest absolute Gasteiger partial charge is 0.252 e. The van der Waals surface area contributed by atoms with E-state index in [1.54, 1.807) is 6.07 Å². The van der Waals surface area contributed by atoms with Crippen LogP contribution in [0.5, 0.6) is 0 Å². The molecule has 3 aromatic rings. The second kappa shape index (κ2) is 11.9. The van der Waals surface area contributed by atoms with Gasteiger partial charge in [-0.25, -0.2) is 5.84 Å². The predicted molar refractivity (Wildman–Crippen MR) is 139 cm³/mol. The lowest BCUT2D eigenvalue weighted by Crippen LogP contribution is -2.30. The van der Waals surface area contributed by atoms with Crippen LogP contribution in [0.3, 0.4) is 0 Å². The Hall–Kier alpha value is -3.59. The maximum absolute atomic E-state index is 13.0. The first-order valence-corrected chi connectivity index (χ1v) is 12.3. The Morgan fingerprint density at radius 2 is 2.00 bits per heavy atom. The average molecular weight is 488 g/mol. The number of carbonyl (C=O) groups is 2. The van der Waals surface area contributed by atoms with Crippen LogP contribution in [0.15, 0.2) is 66.9 Å². The third-order valence-corrected chi connectivity index (χ3v) is 6.55. The summed E-state index contributed by atoms with van der Waals surface area (Å²) < 4.78 is 0. The number of aliphatic hydroxyl groups is 1. The summed E-state index contributed by atoms with van der Waals surface area (Å²) in [7, 11) is 0. The summed E-state index contributed by atoms with van der Waals surface area (Å²) in [5, 5.41) is 12.8. The molecular formula is C28H33N5O3. The van der Waals surface area contributed by atoms with E-state index in [1.807, 2.05) is 61.7 Å². The quantitative estimate of drug-likeness (QED) is 0.209. The van der Waals surface area contributed by atoms with Gasteiger partial charge in [0.1, 0.15) is 0 Å². The largest absolute Gasteiger partial charge is 0.392 e. The molecule has 1 fully saturated rings. The van der Waals surface area contributed by atoms with Crippen LogP contribution in [-0.2, 0) is 17.8 Å². The van der Waals surface area contributed by atoms with Crippen LogP contribution in [0.4, 0.5) is 0 Å². The Kier molecular flexibility index (Phi) is 8.43. The number of carbonyl (C=O) groups excluding carboxylic acids is 2. The van der Waals surface area contributed by atoms with Crippen LogP contribution < -0.4 is 16.6 Å². The first-order valence-electron chi connectivity index (χ1n) is 12.3. The normalized spacial score (nSPS) is 16.5. The van der Waals surface area contributed by atoms with Crippen LogP contribution in [0.25, 0.3) is 11.3 Å². The SMILES string of the molecule is C[C@@H](NC(=O)c1ccccc1CCC(=O)NN)c1cccc(-c2ccc(CN3CC[C@H](O)C3)cn2)c1. The minimum atomic E-state index is -0.271. The third kappa shape index (κ3) is 6.54. The molecule has 0 bridgehead atoms. The monoisotopic (exact) mass is 487 g/mol. The van der Waals surface area contributed by atoms with Crippen molar-refractivity contribution >= 4 is 11.8 Å². The lowest BCUT2D eigenvalue weighted by molar-refractivity contribution is -0.121. The predicted octanol–water partition coefficient (Wildman–Crippen LogP) is 2.73. The van der Waals surface area contributed by atoms with Crippen molar-refractivity contribution in [2.45, 2.75) is 44.9 Å². The van der Waals surface area contributed by atoms with Crippen molar-refractivity contribution in [1.29, 1.82) is 0 Å². The number of pyridine rings is 1. The zero-order valence-electron chi connectivity index (χ0n) is 20.5. The van der Waals surface area contributed by atoms with Gasteiger partial charge in [-0.2, -0.15) is 0 Å². The number of hydrogen-bond acceptors (Lipinski definition) is 6. The van der Waals surface area contributed by atoms with E-state index < -0.39 is 0 Å². The Labute approximate surface area is 211 Å². The first kappa shape index (κ1) is 25.5. The second-order valence-corrected chi connectivity index (χ2v) is 9.27. The van der Waals surface area contributed by atoms with E-state index >= 15 is 0 Å². The molecular weight excluding hydrogens is 454 g/mol. The van der Waals surface area contributed by atoms with Crippen LogP contribution >= 0.6 is 0 Å². The third-order valence-electron chi connectivity index (χ3n) is 6.55. The van der Waals surface area contributed by atoms with Gasteiger partial charge in [-0.3, -0.25) is 24.9 Å². The number of nitrogens with two attached hydrogens (primary N) is 1. The summed E-state index contributed by atoms with van der Waals surface area (Å²) in [5.41, 5.74) is 7.40. The Balaban J connectivity index is 1.41. The van der Waals surface area contributed by atoms with E-state index in [0.29, 0.717) is 18.5 Å². The lowest BCUT2D eigenvalue weighted by Gasteiger charge is -2.17. The van der Waals surface area contributed by atoms with Gasteiger partial charge in [0.2, 0.25) is 5.91 Å². The molecule has 2 atom stereocenters. The Morgan fingerprint density at radius 1 is 1.17 bits per heavy atom. The van der Waals surface area contributed by atoms with E-state index in [-0.39, 0.29) is 30.4 Å². The number of hydrogen-bond donors (Lipinski definition) is 4. The van der Waals surface area contributed by atoms with Crippen molar-refractivity contribution in [2.75, 3.05) is 13.1 Å². The molecule has 8 nitrogen and oxygen atoms in total. The summed E-state index contributed by atoms with van der Waals surface area (Å²) in [5.74, 6) is 4.71. The number of aromatic nitrogens is 1. The maximum Gasteiger partial charge on any atom is 0.252 e. The summed E-state index contributed by atoms with van der Waals surface area (Å²) in [6.07, 6.45) is 3.12. The molecule has 2 heterocycles. The molecule has 2 aromatic carbocycles. The van der Waals surface area contributed by atoms with E-state index in [9.17, 15) is 14.7 Å². The van der Waals surface area contributed by atoms with Gasteiger partial charge in [0.05, 0.1) is 17.8 Å². The minimum absolute atomic E-state index is 0.189. The Bertz CT molecular complexity index is 1200. The first-order chi connectivity index (χ1) is 17.4. The number of amides is 2. The van der Waals surface area contributed by atoms with Gasteiger partial charge in [-0.1, -0.05) is 42.5 Å². The number of nitrogens with zero attached hydrogens (tertiary/aromatic N) is 2. The second-order valence-electron chi connectivity index (χ2n) is 9.27. The van der Waals surface area contributed by atoms with E-state index in [2.05, 4.69) is 26.7 Å².